The molecule has 9 heteroatoms. The number of hydrogen-bond acceptors (Lipinski definition) is 7. The van der Waals surface area contributed by atoms with Crippen LogP contribution in [0.5, 0.6) is 5.75 Å². The molecule has 1 amide bonds. The van der Waals surface area contributed by atoms with Gasteiger partial charge in [0.15, 0.2) is 23.9 Å². The first-order valence-corrected chi connectivity index (χ1v) is 8.28. The molecule has 1 N–H and O–H groups in total. The third-order valence-corrected chi connectivity index (χ3v) is 3.81. The number of hydrogen-bond donors (Lipinski definition) is 1. The van der Waals surface area contributed by atoms with Gasteiger partial charge in [0.05, 0.1) is 6.54 Å². The third-order valence-electron chi connectivity index (χ3n) is 3.81. The Morgan fingerprint density at radius 2 is 2.07 bits per heavy atom. The smallest absolute Gasteiger partial charge is 0.258 e. The van der Waals surface area contributed by atoms with Crippen molar-refractivity contribution in [1.82, 2.24) is 30.1 Å². The summed E-state index contributed by atoms with van der Waals surface area (Å²) in [6, 6.07) is 12.8. The second-order valence-electron chi connectivity index (χ2n) is 5.79. The Balaban J connectivity index is 1.40. The highest BCUT2D eigenvalue weighted by Gasteiger charge is 2.11. The zero-order valence-electron chi connectivity index (χ0n) is 14.5. The molecule has 0 aliphatic rings. The number of nitrogens with one attached hydrogen (secondary N) is 1. The van der Waals surface area contributed by atoms with E-state index in [1.165, 1.54) is 0 Å². The number of ether oxygens (including phenoxy) is 1. The van der Waals surface area contributed by atoms with Crippen LogP contribution < -0.4 is 10.1 Å². The highest BCUT2D eigenvalue weighted by atomic mass is 16.5. The zero-order chi connectivity index (χ0) is 18.6. The summed E-state index contributed by atoms with van der Waals surface area (Å²) in [4.78, 5) is 16.2. The van der Waals surface area contributed by atoms with Crippen molar-refractivity contribution in [3.63, 3.8) is 0 Å². The minimum absolute atomic E-state index is 0.0680. The molecule has 3 aromatic heterocycles. The molecule has 0 fully saturated rings. The quantitative estimate of drug-likeness (QED) is 0.556. The maximum atomic E-state index is 12.0. The Bertz CT molecular complexity index is 1070. The van der Waals surface area contributed by atoms with Crippen molar-refractivity contribution in [2.75, 3.05) is 6.61 Å². The number of nitrogens with zero attached hydrogens (tertiary/aromatic N) is 5. The SMILES string of the molecule is Cc1noc(-c2ccn3c(CNC(=O)COc4ccccc4)nnc3c2)n1. The average Bonchev–Trinajstić information content (AvgIpc) is 3.31. The molecule has 0 saturated heterocycles. The summed E-state index contributed by atoms with van der Waals surface area (Å²) in [5, 5.41) is 14.8. The van der Waals surface area contributed by atoms with E-state index in [-0.39, 0.29) is 19.1 Å². The van der Waals surface area contributed by atoms with E-state index >= 15 is 0 Å². The summed E-state index contributed by atoms with van der Waals surface area (Å²) < 4.78 is 12.4. The number of carbonyl (C=O) groups is 1. The highest BCUT2D eigenvalue weighted by molar-refractivity contribution is 5.77. The minimum atomic E-state index is -0.242. The molecule has 4 rings (SSSR count). The normalized spacial score (nSPS) is 10.9. The van der Waals surface area contributed by atoms with Gasteiger partial charge < -0.3 is 14.6 Å². The van der Waals surface area contributed by atoms with Crippen LogP contribution in [-0.2, 0) is 11.3 Å². The maximum Gasteiger partial charge on any atom is 0.258 e. The summed E-state index contributed by atoms with van der Waals surface area (Å²) in [6.45, 7) is 1.92. The Labute approximate surface area is 154 Å². The molecule has 3 heterocycles. The van der Waals surface area contributed by atoms with Crippen LogP contribution >= 0.6 is 0 Å². The molecule has 0 bridgehead atoms. The molecule has 0 unspecified atom stereocenters. The van der Waals surface area contributed by atoms with Gasteiger partial charge in [0.1, 0.15) is 5.75 Å². The monoisotopic (exact) mass is 364 g/mol. The zero-order valence-corrected chi connectivity index (χ0v) is 14.5. The van der Waals surface area contributed by atoms with Crippen molar-refractivity contribution in [3.8, 4) is 17.2 Å². The summed E-state index contributed by atoms with van der Waals surface area (Å²) in [5.41, 5.74) is 1.37. The third kappa shape index (κ3) is 3.76. The van der Waals surface area contributed by atoms with Crippen LogP contribution in [0.15, 0.2) is 53.2 Å². The summed E-state index contributed by atoms with van der Waals surface area (Å²) in [6.07, 6.45) is 1.80. The summed E-state index contributed by atoms with van der Waals surface area (Å²) in [5.74, 6) is 1.99. The Kier molecular flexibility index (Phi) is 4.48. The van der Waals surface area contributed by atoms with E-state index < -0.39 is 0 Å². The fourth-order valence-corrected chi connectivity index (χ4v) is 2.50. The summed E-state index contributed by atoms with van der Waals surface area (Å²) in [7, 11) is 0. The molecule has 0 aliphatic carbocycles. The number of aryl methyl sites for hydroxylation is 1. The number of fused-ring (bicyclic) bond motifs is 1. The first-order valence-electron chi connectivity index (χ1n) is 8.28. The van der Waals surface area contributed by atoms with Gasteiger partial charge in [-0.3, -0.25) is 9.20 Å². The molecular formula is C18H16N6O3. The number of aromatic nitrogens is 5. The van der Waals surface area contributed by atoms with Gasteiger partial charge in [-0.25, -0.2) is 0 Å². The number of para-hydroxylation sites is 1. The van der Waals surface area contributed by atoms with Gasteiger partial charge in [0.2, 0.25) is 0 Å². The van der Waals surface area contributed by atoms with E-state index in [1.54, 1.807) is 35.7 Å². The lowest BCUT2D eigenvalue weighted by Crippen LogP contribution is -2.29. The second-order valence-corrected chi connectivity index (χ2v) is 5.79. The number of pyridine rings is 1. The first kappa shape index (κ1) is 16.7. The Morgan fingerprint density at radius 3 is 2.85 bits per heavy atom. The summed E-state index contributed by atoms with van der Waals surface area (Å²) >= 11 is 0. The lowest BCUT2D eigenvalue weighted by Gasteiger charge is -2.06. The van der Waals surface area contributed by atoms with Gasteiger partial charge in [-0.05, 0) is 31.2 Å². The van der Waals surface area contributed by atoms with Crippen LogP contribution in [0.25, 0.3) is 17.1 Å². The topological polar surface area (TPSA) is 107 Å². The van der Waals surface area contributed by atoms with Gasteiger partial charge in [-0.1, -0.05) is 23.4 Å². The molecule has 0 saturated carbocycles. The number of carbonyl (C=O) groups excluding carboxylic acids is 1. The van der Waals surface area contributed by atoms with Crippen LogP contribution in [0, 0.1) is 6.92 Å². The van der Waals surface area contributed by atoms with E-state index in [0.717, 1.165) is 5.56 Å². The van der Waals surface area contributed by atoms with Gasteiger partial charge in [-0.2, -0.15) is 4.98 Å². The lowest BCUT2D eigenvalue weighted by atomic mass is 10.2. The fourth-order valence-electron chi connectivity index (χ4n) is 2.50. The van der Waals surface area contributed by atoms with Crippen LogP contribution in [0.4, 0.5) is 0 Å². The van der Waals surface area contributed by atoms with E-state index in [9.17, 15) is 4.79 Å². The second kappa shape index (κ2) is 7.24. The molecule has 9 nitrogen and oxygen atoms in total. The standard InChI is InChI=1S/C18H16N6O3/c1-12-20-18(27-23-12)13-7-8-24-15(9-13)21-22-16(24)10-19-17(25)11-26-14-5-3-2-4-6-14/h2-9H,10-11H2,1H3,(H,19,25). The van der Waals surface area contributed by atoms with Gasteiger partial charge in [0, 0.05) is 11.8 Å². The average molecular weight is 364 g/mol. The molecule has 0 radical (unpaired) electrons. The Hall–Kier alpha value is -3.75. The molecule has 1 aromatic carbocycles. The van der Waals surface area contributed by atoms with Crippen molar-refractivity contribution in [2.45, 2.75) is 13.5 Å². The first-order chi connectivity index (χ1) is 13.2. The van der Waals surface area contributed by atoms with Crippen molar-refractivity contribution in [3.05, 3.63) is 60.3 Å². The predicted octanol–water partition coefficient (Wildman–Crippen LogP) is 1.78. The number of amides is 1. The van der Waals surface area contributed by atoms with Crippen LogP contribution in [0.1, 0.15) is 11.6 Å². The minimum Gasteiger partial charge on any atom is -0.484 e. The highest BCUT2D eigenvalue weighted by Crippen LogP contribution is 2.18. The molecule has 0 spiro atoms. The number of benzene rings is 1. The Morgan fingerprint density at radius 1 is 1.22 bits per heavy atom. The van der Waals surface area contributed by atoms with Gasteiger partial charge >= 0.3 is 0 Å². The van der Waals surface area contributed by atoms with Crippen molar-refractivity contribution >= 4 is 11.6 Å². The molecule has 136 valence electrons. The van der Waals surface area contributed by atoms with Crippen molar-refractivity contribution in [2.24, 2.45) is 0 Å². The van der Waals surface area contributed by atoms with E-state index in [4.69, 9.17) is 9.26 Å². The maximum absolute atomic E-state index is 12.0. The number of rotatable bonds is 6. The largest absolute Gasteiger partial charge is 0.484 e. The molecule has 4 aromatic rings. The molecule has 0 atom stereocenters. The van der Waals surface area contributed by atoms with Gasteiger partial charge in [-0.15, -0.1) is 10.2 Å². The molecule has 0 aliphatic heterocycles. The molecule has 27 heavy (non-hydrogen) atoms. The van der Waals surface area contributed by atoms with E-state index in [1.807, 2.05) is 24.3 Å². The molecular weight excluding hydrogens is 348 g/mol. The van der Waals surface area contributed by atoms with Crippen molar-refractivity contribution in [1.29, 1.82) is 0 Å². The fraction of sp³-hybridized carbons (Fsp3) is 0.167. The van der Waals surface area contributed by atoms with E-state index in [0.29, 0.717) is 28.9 Å². The van der Waals surface area contributed by atoms with E-state index in [2.05, 4.69) is 25.7 Å². The van der Waals surface area contributed by atoms with Gasteiger partial charge in [0.25, 0.3) is 11.8 Å². The predicted molar refractivity (Wildman–Crippen MR) is 94.8 cm³/mol. The van der Waals surface area contributed by atoms with Crippen LogP contribution in [-0.4, -0.2) is 37.3 Å². The van der Waals surface area contributed by atoms with Crippen molar-refractivity contribution < 1.29 is 14.1 Å². The lowest BCUT2D eigenvalue weighted by molar-refractivity contribution is -0.123. The van der Waals surface area contributed by atoms with Crippen LogP contribution in [0.2, 0.25) is 0 Å². The van der Waals surface area contributed by atoms with Crippen LogP contribution in [0.3, 0.4) is 0 Å².